The van der Waals surface area contributed by atoms with Crippen molar-refractivity contribution in [2.45, 2.75) is 65.2 Å². The standard InChI is InChI=1S/C17H28/c1-12-6-5-9-17-13(2)16-8-4-3-7-14(16)11-15(17)10-12/h6,13-17H,3-5,7-11H2,1-2H3. The Kier molecular flexibility index (Phi) is 3.32. The average Bonchev–Trinajstić information content (AvgIpc) is 2.51. The van der Waals surface area contributed by atoms with Crippen molar-refractivity contribution in [2.24, 2.45) is 29.6 Å². The maximum Gasteiger partial charge on any atom is -0.0292 e. The fourth-order valence-corrected chi connectivity index (χ4v) is 5.28. The molecule has 17 heavy (non-hydrogen) atoms. The molecule has 0 aliphatic heterocycles. The SMILES string of the molecule is CC1=CCCC2C(C1)CC1CCCCC1C2C. The third kappa shape index (κ3) is 2.20. The van der Waals surface area contributed by atoms with E-state index in [0.29, 0.717) is 0 Å². The van der Waals surface area contributed by atoms with Crippen molar-refractivity contribution in [3.05, 3.63) is 11.6 Å². The van der Waals surface area contributed by atoms with Gasteiger partial charge < -0.3 is 0 Å². The third-order valence-electron chi connectivity index (χ3n) is 6.11. The van der Waals surface area contributed by atoms with E-state index in [2.05, 4.69) is 19.9 Å². The van der Waals surface area contributed by atoms with Crippen LogP contribution in [-0.2, 0) is 0 Å². The van der Waals surface area contributed by atoms with Crippen molar-refractivity contribution in [3.8, 4) is 0 Å². The summed E-state index contributed by atoms with van der Waals surface area (Å²) in [4.78, 5) is 0. The van der Waals surface area contributed by atoms with Crippen molar-refractivity contribution < 1.29 is 0 Å². The molecule has 3 rings (SSSR count). The number of hydrogen-bond acceptors (Lipinski definition) is 0. The molecule has 3 aliphatic carbocycles. The van der Waals surface area contributed by atoms with E-state index in [1.165, 1.54) is 32.1 Å². The first-order chi connectivity index (χ1) is 8.25. The molecule has 0 radical (unpaired) electrons. The molecule has 0 aromatic rings. The second kappa shape index (κ2) is 4.78. The Balaban J connectivity index is 1.78. The van der Waals surface area contributed by atoms with E-state index in [0.717, 1.165) is 29.6 Å². The normalized spacial score (nSPS) is 46.5. The van der Waals surface area contributed by atoms with Crippen LogP contribution in [0.4, 0.5) is 0 Å². The lowest BCUT2D eigenvalue weighted by Gasteiger charge is -2.48. The van der Waals surface area contributed by atoms with Crippen molar-refractivity contribution in [1.82, 2.24) is 0 Å². The van der Waals surface area contributed by atoms with Gasteiger partial charge in [-0.25, -0.2) is 0 Å². The molecule has 96 valence electrons. The molecule has 0 amide bonds. The lowest BCUT2D eigenvalue weighted by Crippen LogP contribution is -2.40. The van der Waals surface area contributed by atoms with Crippen molar-refractivity contribution in [3.63, 3.8) is 0 Å². The minimum atomic E-state index is 1.01. The fourth-order valence-electron chi connectivity index (χ4n) is 5.28. The van der Waals surface area contributed by atoms with E-state index in [1.54, 1.807) is 24.8 Å². The minimum absolute atomic E-state index is 1.01. The zero-order valence-corrected chi connectivity index (χ0v) is 11.6. The maximum atomic E-state index is 2.58. The number of fused-ring (bicyclic) bond motifs is 2. The lowest BCUT2D eigenvalue weighted by atomic mass is 9.57. The highest BCUT2D eigenvalue weighted by Gasteiger charge is 2.42. The highest BCUT2D eigenvalue weighted by atomic mass is 14.5. The van der Waals surface area contributed by atoms with Crippen LogP contribution in [0.15, 0.2) is 11.6 Å². The molecule has 2 fully saturated rings. The van der Waals surface area contributed by atoms with Crippen molar-refractivity contribution in [1.29, 1.82) is 0 Å². The van der Waals surface area contributed by atoms with E-state index >= 15 is 0 Å². The van der Waals surface area contributed by atoms with E-state index in [1.807, 2.05) is 0 Å². The number of hydrogen-bond donors (Lipinski definition) is 0. The van der Waals surface area contributed by atoms with Crippen LogP contribution in [0.3, 0.4) is 0 Å². The Morgan fingerprint density at radius 2 is 1.76 bits per heavy atom. The molecule has 0 aromatic heterocycles. The maximum absolute atomic E-state index is 2.58. The first-order valence-corrected chi connectivity index (χ1v) is 7.91. The van der Waals surface area contributed by atoms with Gasteiger partial charge in [0, 0.05) is 0 Å². The lowest BCUT2D eigenvalue weighted by molar-refractivity contribution is 0.0176. The summed E-state index contributed by atoms with van der Waals surface area (Å²) in [5, 5.41) is 0. The van der Waals surface area contributed by atoms with Gasteiger partial charge >= 0.3 is 0 Å². The smallest absolute Gasteiger partial charge is 0.0292 e. The Morgan fingerprint density at radius 1 is 1.00 bits per heavy atom. The summed E-state index contributed by atoms with van der Waals surface area (Å²) in [5.74, 6) is 5.26. The van der Waals surface area contributed by atoms with Gasteiger partial charge in [-0.3, -0.25) is 0 Å². The van der Waals surface area contributed by atoms with Crippen LogP contribution in [0, 0.1) is 29.6 Å². The van der Waals surface area contributed by atoms with E-state index in [9.17, 15) is 0 Å². The first kappa shape index (κ1) is 11.8. The largest absolute Gasteiger partial charge is 0.0856 e. The Hall–Kier alpha value is -0.260. The van der Waals surface area contributed by atoms with Gasteiger partial charge in [0.1, 0.15) is 0 Å². The number of rotatable bonds is 0. The zero-order valence-electron chi connectivity index (χ0n) is 11.6. The Morgan fingerprint density at radius 3 is 2.65 bits per heavy atom. The molecule has 0 heterocycles. The molecular formula is C17H28. The molecule has 2 saturated carbocycles. The molecule has 0 spiro atoms. The molecule has 5 atom stereocenters. The molecule has 0 nitrogen and oxygen atoms in total. The summed E-state index contributed by atoms with van der Waals surface area (Å²) in [6, 6.07) is 0. The van der Waals surface area contributed by atoms with Gasteiger partial charge in [-0.2, -0.15) is 0 Å². The van der Waals surface area contributed by atoms with E-state index < -0.39 is 0 Å². The van der Waals surface area contributed by atoms with Gasteiger partial charge in [0.15, 0.2) is 0 Å². The van der Waals surface area contributed by atoms with E-state index in [-0.39, 0.29) is 0 Å². The summed E-state index contributed by atoms with van der Waals surface area (Å²) in [6.07, 6.45) is 14.4. The first-order valence-electron chi connectivity index (χ1n) is 7.91. The molecule has 0 heteroatoms. The van der Waals surface area contributed by atoms with E-state index in [4.69, 9.17) is 0 Å². The predicted octanol–water partition coefficient (Wildman–Crippen LogP) is 5.20. The Bertz CT molecular complexity index is 301. The zero-order chi connectivity index (χ0) is 11.8. The molecule has 0 saturated heterocycles. The molecule has 0 aromatic carbocycles. The van der Waals surface area contributed by atoms with Crippen LogP contribution in [0.25, 0.3) is 0 Å². The van der Waals surface area contributed by atoms with Gasteiger partial charge in [0.2, 0.25) is 0 Å². The van der Waals surface area contributed by atoms with Gasteiger partial charge in [-0.15, -0.1) is 0 Å². The van der Waals surface area contributed by atoms with Crippen molar-refractivity contribution >= 4 is 0 Å². The second-order valence-electron chi connectivity index (χ2n) is 7.06. The Labute approximate surface area is 107 Å². The van der Waals surface area contributed by atoms with Crippen LogP contribution < -0.4 is 0 Å². The highest BCUT2D eigenvalue weighted by Crippen LogP contribution is 2.52. The highest BCUT2D eigenvalue weighted by molar-refractivity contribution is 5.06. The number of allylic oxidation sites excluding steroid dienone is 2. The van der Waals surface area contributed by atoms with Crippen LogP contribution in [0.1, 0.15) is 65.2 Å². The third-order valence-corrected chi connectivity index (χ3v) is 6.11. The average molecular weight is 232 g/mol. The van der Waals surface area contributed by atoms with Crippen molar-refractivity contribution in [2.75, 3.05) is 0 Å². The van der Waals surface area contributed by atoms with Gasteiger partial charge in [-0.05, 0) is 68.6 Å². The second-order valence-corrected chi connectivity index (χ2v) is 7.06. The van der Waals surface area contributed by atoms with Crippen LogP contribution in [-0.4, -0.2) is 0 Å². The van der Waals surface area contributed by atoms with Crippen LogP contribution >= 0.6 is 0 Å². The molecule has 5 unspecified atom stereocenters. The van der Waals surface area contributed by atoms with Gasteiger partial charge in [0.25, 0.3) is 0 Å². The summed E-state index contributed by atoms with van der Waals surface area (Å²) in [7, 11) is 0. The fraction of sp³-hybridized carbons (Fsp3) is 0.882. The quantitative estimate of drug-likeness (QED) is 0.504. The van der Waals surface area contributed by atoms with Gasteiger partial charge in [0.05, 0.1) is 0 Å². The topological polar surface area (TPSA) is 0 Å². The molecule has 3 aliphatic rings. The molecular weight excluding hydrogens is 204 g/mol. The molecule has 0 bridgehead atoms. The van der Waals surface area contributed by atoms with Gasteiger partial charge in [-0.1, -0.05) is 37.8 Å². The minimum Gasteiger partial charge on any atom is -0.0856 e. The molecule has 0 N–H and O–H groups in total. The summed E-state index contributed by atoms with van der Waals surface area (Å²) in [5.41, 5.74) is 1.68. The van der Waals surface area contributed by atoms with Crippen LogP contribution in [0.5, 0.6) is 0 Å². The van der Waals surface area contributed by atoms with Crippen LogP contribution in [0.2, 0.25) is 0 Å². The summed E-state index contributed by atoms with van der Waals surface area (Å²) < 4.78 is 0. The monoisotopic (exact) mass is 232 g/mol. The summed E-state index contributed by atoms with van der Waals surface area (Å²) >= 11 is 0. The summed E-state index contributed by atoms with van der Waals surface area (Å²) in [6.45, 7) is 4.94. The predicted molar refractivity (Wildman–Crippen MR) is 73.8 cm³/mol.